The summed E-state index contributed by atoms with van der Waals surface area (Å²) in [6.07, 6.45) is 0.914. The number of carbonyl (C=O) groups excluding carboxylic acids is 1. The Bertz CT molecular complexity index is 826. The van der Waals surface area contributed by atoms with E-state index >= 15 is 0 Å². The normalized spacial score (nSPS) is 16.9. The molecule has 2 aromatic rings. The van der Waals surface area contributed by atoms with Crippen LogP contribution < -0.4 is 15.0 Å². The lowest BCUT2D eigenvalue weighted by Crippen LogP contribution is -2.55. The number of benzene rings is 1. The number of rotatable bonds is 4. The van der Waals surface area contributed by atoms with Gasteiger partial charge >= 0.3 is 0 Å². The predicted molar refractivity (Wildman–Crippen MR) is 100.0 cm³/mol. The number of aryl methyl sites for hydroxylation is 1. The number of nitrogens with one attached hydrogen (secondary N) is 1. The second-order valence-electron chi connectivity index (χ2n) is 7.35. The fraction of sp³-hybridized carbons (Fsp3) is 0.450. The number of ether oxygens (including phenoxy) is 1. The first-order valence-electron chi connectivity index (χ1n) is 9.18. The van der Waals surface area contributed by atoms with Gasteiger partial charge in [-0.1, -0.05) is 31.5 Å². The summed E-state index contributed by atoms with van der Waals surface area (Å²) in [6, 6.07) is 8.12. The quantitative estimate of drug-likeness (QED) is 0.915. The molecule has 0 bridgehead atoms. The van der Waals surface area contributed by atoms with Gasteiger partial charge in [0.25, 0.3) is 5.91 Å². The van der Waals surface area contributed by atoms with Gasteiger partial charge in [0.15, 0.2) is 0 Å². The lowest BCUT2D eigenvalue weighted by molar-refractivity contribution is 0.0939. The van der Waals surface area contributed by atoms with Gasteiger partial charge in [0.05, 0.1) is 13.1 Å². The summed E-state index contributed by atoms with van der Waals surface area (Å²) in [7, 11) is 0. The van der Waals surface area contributed by atoms with Gasteiger partial charge in [0.2, 0.25) is 0 Å². The summed E-state index contributed by atoms with van der Waals surface area (Å²) < 4.78 is 6.04. The van der Waals surface area contributed by atoms with Gasteiger partial charge in [-0.25, -0.2) is 9.97 Å². The third kappa shape index (κ3) is 3.11. The standard InChI is InChI=1S/C20H24N4O2/c1-12(2)18-22-17-16(8-9-21-20(17)25)19(23-18)24-10-15(11-24)26-14-6-4-13(3)5-7-14/h4-7,12,15H,8-11H2,1-3H3,(H,21,25). The highest BCUT2D eigenvalue weighted by atomic mass is 16.5. The summed E-state index contributed by atoms with van der Waals surface area (Å²) in [5.41, 5.74) is 2.72. The third-order valence-corrected chi connectivity index (χ3v) is 4.87. The van der Waals surface area contributed by atoms with E-state index in [-0.39, 0.29) is 17.9 Å². The summed E-state index contributed by atoms with van der Waals surface area (Å²) in [5.74, 6) is 2.60. The maximum atomic E-state index is 12.2. The first-order valence-corrected chi connectivity index (χ1v) is 9.18. The molecule has 1 aromatic heterocycles. The van der Waals surface area contributed by atoms with Crippen molar-refractivity contribution in [1.82, 2.24) is 15.3 Å². The van der Waals surface area contributed by atoms with Crippen LogP contribution in [0.15, 0.2) is 24.3 Å². The molecule has 6 nitrogen and oxygen atoms in total. The maximum absolute atomic E-state index is 12.2. The van der Waals surface area contributed by atoms with Crippen molar-refractivity contribution in [3.63, 3.8) is 0 Å². The molecular formula is C20H24N4O2. The minimum absolute atomic E-state index is 0.0928. The molecule has 2 aliphatic heterocycles. The molecule has 1 fully saturated rings. The number of fused-ring (bicyclic) bond motifs is 1. The van der Waals surface area contributed by atoms with Crippen LogP contribution in [-0.4, -0.2) is 41.6 Å². The van der Waals surface area contributed by atoms with Crippen LogP contribution in [0.1, 0.15) is 47.2 Å². The molecule has 0 saturated carbocycles. The van der Waals surface area contributed by atoms with Crippen molar-refractivity contribution in [2.24, 2.45) is 0 Å². The molecule has 0 radical (unpaired) electrons. The minimum atomic E-state index is -0.0928. The van der Waals surface area contributed by atoms with Gasteiger partial charge in [-0.2, -0.15) is 0 Å². The molecule has 2 aliphatic rings. The van der Waals surface area contributed by atoms with E-state index in [0.29, 0.717) is 12.2 Å². The van der Waals surface area contributed by atoms with Crippen LogP contribution in [-0.2, 0) is 6.42 Å². The van der Waals surface area contributed by atoms with Crippen molar-refractivity contribution >= 4 is 11.7 Å². The first kappa shape index (κ1) is 16.8. The zero-order chi connectivity index (χ0) is 18.3. The molecule has 6 heteroatoms. The molecule has 1 amide bonds. The Labute approximate surface area is 153 Å². The van der Waals surface area contributed by atoms with E-state index in [1.165, 1.54) is 5.56 Å². The summed E-state index contributed by atoms with van der Waals surface area (Å²) in [5, 5.41) is 2.88. The van der Waals surface area contributed by atoms with Crippen LogP contribution in [0, 0.1) is 6.92 Å². The van der Waals surface area contributed by atoms with Crippen molar-refractivity contribution in [1.29, 1.82) is 0 Å². The molecule has 0 spiro atoms. The Balaban J connectivity index is 1.53. The van der Waals surface area contributed by atoms with Crippen molar-refractivity contribution in [2.75, 3.05) is 24.5 Å². The van der Waals surface area contributed by atoms with Crippen LogP contribution in [0.5, 0.6) is 5.75 Å². The monoisotopic (exact) mass is 352 g/mol. The topological polar surface area (TPSA) is 67.3 Å². The van der Waals surface area contributed by atoms with Gasteiger partial charge < -0.3 is 15.0 Å². The molecule has 26 heavy (non-hydrogen) atoms. The van der Waals surface area contributed by atoms with Gasteiger partial charge in [-0.3, -0.25) is 4.79 Å². The predicted octanol–water partition coefficient (Wildman–Crippen LogP) is 2.46. The molecule has 0 aliphatic carbocycles. The largest absolute Gasteiger partial charge is 0.487 e. The number of hydrogen-bond donors (Lipinski definition) is 1. The summed E-state index contributed by atoms with van der Waals surface area (Å²) in [4.78, 5) is 23.7. The van der Waals surface area contributed by atoms with Crippen molar-refractivity contribution in [3.8, 4) is 5.75 Å². The van der Waals surface area contributed by atoms with Crippen LogP contribution in [0.25, 0.3) is 0 Å². The number of anilines is 1. The van der Waals surface area contributed by atoms with Gasteiger partial charge in [0.1, 0.15) is 29.2 Å². The number of nitrogens with zero attached hydrogens (tertiary/aromatic N) is 3. The number of hydrogen-bond acceptors (Lipinski definition) is 5. The number of amides is 1. The molecule has 136 valence electrons. The average molecular weight is 352 g/mol. The van der Waals surface area contributed by atoms with Crippen molar-refractivity contribution in [3.05, 3.63) is 46.9 Å². The molecule has 1 saturated heterocycles. The zero-order valence-corrected chi connectivity index (χ0v) is 15.5. The molecule has 1 N–H and O–H groups in total. The van der Waals surface area contributed by atoms with Gasteiger partial charge in [-0.05, 0) is 25.5 Å². The molecule has 4 rings (SSSR count). The highest BCUT2D eigenvalue weighted by Crippen LogP contribution is 2.30. The van der Waals surface area contributed by atoms with E-state index in [4.69, 9.17) is 9.72 Å². The van der Waals surface area contributed by atoms with E-state index in [1.54, 1.807) is 0 Å². The lowest BCUT2D eigenvalue weighted by Gasteiger charge is -2.41. The molecule has 1 aromatic carbocycles. The highest BCUT2D eigenvalue weighted by Gasteiger charge is 2.34. The maximum Gasteiger partial charge on any atom is 0.270 e. The fourth-order valence-corrected chi connectivity index (χ4v) is 3.31. The second-order valence-corrected chi connectivity index (χ2v) is 7.35. The smallest absolute Gasteiger partial charge is 0.270 e. The van der Waals surface area contributed by atoms with Crippen LogP contribution in [0.2, 0.25) is 0 Å². The second kappa shape index (κ2) is 6.59. The van der Waals surface area contributed by atoms with E-state index in [2.05, 4.69) is 34.3 Å². The Kier molecular flexibility index (Phi) is 4.26. The first-order chi connectivity index (χ1) is 12.5. The SMILES string of the molecule is Cc1ccc(OC2CN(c3nc(C(C)C)nc4c3CCNC4=O)C2)cc1. The third-order valence-electron chi connectivity index (χ3n) is 4.87. The molecule has 0 atom stereocenters. The van der Waals surface area contributed by atoms with E-state index < -0.39 is 0 Å². The van der Waals surface area contributed by atoms with Crippen LogP contribution >= 0.6 is 0 Å². The number of aromatic nitrogens is 2. The highest BCUT2D eigenvalue weighted by molar-refractivity contribution is 5.96. The fourth-order valence-electron chi connectivity index (χ4n) is 3.31. The molecular weight excluding hydrogens is 328 g/mol. The Morgan fingerprint density at radius 2 is 1.92 bits per heavy atom. The minimum Gasteiger partial charge on any atom is -0.487 e. The molecule has 0 unspecified atom stereocenters. The Morgan fingerprint density at radius 3 is 2.62 bits per heavy atom. The average Bonchev–Trinajstić information content (AvgIpc) is 2.59. The van der Waals surface area contributed by atoms with E-state index in [9.17, 15) is 4.79 Å². The van der Waals surface area contributed by atoms with Crippen LogP contribution in [0.3, 0.4) is 0 Å². The van der Waals surface area contributed by atoms with Crippen molar-refractivity contribution < 1.29 is 9.53 Å². The van der Waals surface area contributed by atoms with Crippen molar-refractivity contribution in [2.45, 2.75) is 39.2 Å². The molecule has 3 heterocycles. The summed E-state index contributed by atoms with van der Waals surface area (Å²) >= 11 is 0. The van der Waals surface area contributed by atoms with Gasteiger partial charge in [0, 0.05) is 18.0 Å². The lowest BCUT2D eigenvalue weighted by atomic mass is 10.0. The Morgan fingerprint density at radius 1 is 1.19 bits per heavy atom. The van der Waals surface area contributed by atoms with E-state index in [1.807, 2.05) is 26.0 Å². The summed E-state index contributed by atoms with van der Waals surface area (Å²) in [6.45, 7) is 8.35. The number of carbonyl (C=O) groups is 1. The Hall–Kier alpha value is -2.63. The van der Waals surface area contributed by atoms with Crippen LogP contribution in [0.4, 0.5) is 5.82 Å². The van der Waals surface area contributed by atoms with E-state index in [0.717, 1.165) is 42.5 Å². The van der Waals surface area contributed by atoms with Gasteiger partial charge in [-0.15, -0.1) is 0 Å². The zero-order valence-electron chi connectivity index (χ0n) is 15.5.